The zero-order chi connectivity index (χ0) is 18.1. The van der Waals surface area contributed by atoms with Gasteiger partial charge in [0.15, 0.2) is 11.5 Å². The Morgan fingerprint density at radius 3 is 2.81 bits per heavy atom. The molecular formula is C21H22N2O3. The first kappa shape index (κ1) is 16.7. The summed E-state index contributed by atoms with van der Waals surface area (Å²) in [6.45, 7) is 1.85. The number of primary amides is 1. The van der Waals surface area contributed by atoms with Gasteiger partial charge in [0.25, 0.3) is 0 Å². The van der Waals surface area contributed by atoms with E-state index in [2.05, 4.69) is 23.1 Å². The van der Waals surface area contributed by atoms with Gasteiger partial charge in [-0.15, -0.1) is 0 Å². The smallest absolute Gasteiger partial charge is 0.235 e. The molecule has 0 aromatic heterocycles. The molecule has 4 rings (SSSR count). The van der Waals surface area contributed by atoms with Crippen LogP contribution in [-0.2, 0) is 17.8 Å². The molecule has 0 unspecified atom stereocenters. The van der Waals surface area contributed by atoms with Crippen molar-refractivity contribution < 1.29 is 14.3 Å². The lowest BCUT2D eigenvalue weighted by Crippen LogP contribution is -2.49. The van der Waals surface area contributed by atoms with Crippen LogP contribution in [0.25, 0.3) is 6.08 Å². The standard InChI is InChI=1S/C21H22N2O3/c1-25-19-8-4-7-16-9-14(13-26-20(16)19)11-23-12-17-6-3-2-5-15(17)10-18(23)21(22)24/h2-9,18H,10-13H2,1H3,(H2,22,24)/t18-/m1/s1. The van der Waals surface area contributed by atoms with Crippen molar-refractivity contribution >= 4 is 12.0 Å². The van der Waals surface area contributed by atoms with Crippen molar-refractivity contribution in [3.63, 3.8) is 0 Å². The fourth-order valence-electron chi connectivity index (χ4n) is 3.76. The number of para-hydroxylation sites is 1. The zero-order valence-corrected chi connectivity index (χ0v) is 14.8. The number of benzene rings is 2. The Labute approximate surface area is 153 Å². The summed E-state index contributed by atoms with van der Waals surface area (Å²) in [5.74, 6) is 1.23. The van der Waals surface area contributed by atoms with Crippen molar-refractivity contribution in [1.29, 1.82) is 0 Å². The molecule has 0 radical (unpaired) electrons. The summed E-state index contributed by atoms with van der Waals surface area (Å²) >= 11 is 0. The van der Waals surface area contributed by atoms with E-state index in [1.165, 1.54) is 11.1 Å². The molecule has 0 fully saturated rings. The van der Waals surface area contributed by atoms with Crippen LogP contribution >= 0.6 is 0 Å². The van der Waals surface area contributed by atoms with E-state index in [4.69, 9.17) is 15.2 Å². The Balaban J connectivity index is 1.60. The lowest BCUT2D eigenvalue weighted by Gasteiger charge is -2.36. The van der Waals surface area contributed by atoms with Gasteiger partial charge >= 0.3 is 0 Å². The van der Waals surface area contributed by atoms with E-state index < -0.39 is 0 Å². The van der Waals surface area contributed by atoms with Gasteiger partial charge in [0.2, 0.25) is 5.91 Å². The lowest BCUT2D eigenvalue weighted by atomic mass is 9.93. The predicted molar refractivity (Wildman–Crippen MR) is 100 cm³/mol. The van der Waals surface area contributed by atoms with Gasteiger partial charge in [-0.2, -0.15) is 0 Å². The number of hydrogen-bond donors (Lipinski definition) is 1. The molecule has 0 aliphatic carbocycles. The molecule has 2 aliphatic rings. The number of nitrogens with zero attached hydrogens (tertiary/aromatic N) is 1. The van der Waals surface area contributed by atoms with Crippen molar-refractivity contribution in [2.45, 2.75) is 19.0 Å². The predicted octanol–water partition coefficient (Wildman–Crippen LogP) is 2.38. The molecular weight excluding hydrogens is 328 g/mol. The van der Waals surface area contributed by atoms with E-state index in [0.717, 1.165) is 22.6 Å². The fourth-order valence-corrected chi connectivity index (χ4v) is 3.76. The van der Waals surface area contributed by atoms with Gasteiger partial charge in [-0.05, 0) is 35.3 Å². The van der Waals surface area contributed by atoms with Crippen molar-refractivity contribution in [3.8, 4) is 11.5 Å². The van der Waals surface area contributed by atoms with E-state index in [1.807, 2.05) is 30.3 Å². The molecule has 2 aromatic carbocycles. The third-order valence-corrected chi connectivity index (χ3v) is 5.07. The molecule has 5 nitrogen and oxygen atoms in total. The van der Waals surface area contributed by atoms with Gasteiger partial charge in [-0.25, -0.2) is 0 Å². The average molecular weight is 350 g/mol. The third-order valence-electron chi connectivity index (χ3n) is 5.07. The Hall–Kier alpha value is -2.79. The summed E-state index contributed by atoms with van der Waals surface area (Å²) < 4.78 is 11.3. The molecule has 134 valence electrons. The molecule has 2 aliphatic heterocycles. The summed E-state index contributed by atoms with van der Waals surface area (Å²) in [4.78, 5) is 14.2. The van der Waals surface area contributed by atoms with E-state index in [-0.39, 0.29) is 11.9 Å². The van der Waals surface area contributed by atoms with Crippen LogP contribution in [0.5, 0.6) is 11.5 Å². The summed E-state index contributed by atoms with van der Waals surface area (Å²) in [5.41, 5.74) is 10.3. The van der Waals surface area contributed by atoms with Crippen LogP contribution < -0.4 is 15.2 Å². The first-order valence-electron chi connectivity index (χ1n) is 8.75. The van der Waals surface area contributed by atoms with Crippen molar-refractivity contribution in [2.75, 3.05) is 20.3 Å². The molecule has 2 heterocycles. The summed E-state index contributed by atoms with van der Waals surface area (Å²) in [6.07, 6.45) is 2.78. The van der Waals surface area contributed by atoms with Gasteiger partial charge in [0.1, 0.15) is 6.61 Å². The molecule has 1 atom stereocenters. The van der Waals surface area contributed by atoms with Crippen LogP contribution in [0.2, 0.25) is 0 Å². The molecule has 1 amide bonds. The maximum atomic E-state index is 12.0. The average Bonchev–Trinajstić information content (AvgIpc) is 2.66. The number of amides is 1. The molecule has 5 heteroatoms. The number of fused-ring (bicyclic) bond motifs is 2. The SMILES string of the molecule is COc1cccc2c1OCC(CN1Cc3ccccc3C[C@@H]1C(N)=O)=C2. The Morgan fingerprint density at radius 1 is 1.23 bits per heavy atom. The number of carbonyl (C=O) groups is 1. The van der Waals surface area contributed by atoms with E-state index >= 15 is 0 Å². The second-order valence-corrected chi connectivity index (χ2v) is 6.77. The van der Waals surface area contributed by atoms with Crippen LogP contribution in [0.3, 0.4) is 0 Å². The highest BCUT2D eigenvalue weighted by Crippen LogP contribution is 2.36. The van der Waals surface area contributed by atoms with Gasteiger partial charge in [0, 0.05) is 18.7 Å². The van der Waals surface area contributed by atoms with Gasteiger partial charge < -0.3 is 15.2 Å². The molecule has 0 saturated heterocycles. The number of nitrogens with two attached hydrogens (primary N) is 1. The van der Waals surface area contributed by atoms with Gasteiger partial charge in [0.05, 0.1) is 13.2 Å². The van der Waals surface area contributed by atoms with Crippen molar-refractivity contribution in [2.24, 2.45) is 5.73 Å². The van der Waals surface area contributed by atoms with Gasteiger partial charge in [-0.1, -0.05) is 36.4 Å². The minimum Gasteiger partial charge on any atom is -0.493 e. The highest BCUT2D eigenvalue weighted by molar-refractivity contribution is 5.80. The molecule has 26 heavy (non-hydrogen) atoms. The van der Waals surface area contributed by atoms with Crippen LogP contribution in [-0.4, -0.2) is 37.1 Å². The Morgan fingerprint density at radius 2 is 2.04 bits per heavy atom. The maximum absolute atomic E-state index is 12.0. The number of carbonyl (C=O) groups excluding carboxylic acids is 1. The third kappa shape index (κ3) is 3.06. The minimum atomic E-state index is -0.294. The summed E-state index contributed by atoms with van der Waals surface area (Å²) in [7, 11) is 1.64. The number of rotatable bonds is 4. The number of ether oxygens (including phenoxy) is 2. The molecule has 0 saturated carbocycles. The number of methoxy groups -OCH3 is 1. The minimum absolute atomic E-state index is 0.279. The molecule has 2 N–H and O–H groups in total. The first-order chi connectivity index (χ1) is 12.7. The number of hydrogen-bond acceptors (Lipinski definition) is 4. The second kappa shape index (κ2) is 6.84. The van der Waals surface area contributed by atoms with Crippen molar-refractivity contribution in [1.82, 2.24) is 4.90 Å². The quantitative estimate of drug-likeness (QED) is 0.920. The fraction of sp³-hybridized carbons (Fsp3) is 0.286. The monoisotopic (exact) mass is 350 g/mol. The highest BCUT2D eigenvalue weighted by Gasteiger charge is 2.31. The van der Waals surface area contributed by atoms with E-state index in [9.17, 15) is 4.79 Å². The van der Waals surface area contributed by atoms with E-state index in [0.29, 0.717) is 26.1 Å². The highest BCUT2D eigenvalue weighted by atomic mass is 16.5. The largest absolute Gasteiger partial charge is 0.493 e. The van der Waals surface area contributed by atoms with Crippen LogP contribution in [0.1, 0.15) is 16.7 Å². The molecule has 0 bridgehead atoms. The normalized spacial score (nSPS) is 19.0. The first-order valence-corrected chi connectivity index (χ1v) is 8.75. The Kier molecular flexibility index (Phi) is 4.39. The van der Waals surface area contributed by atoms with E-state index in [1.54, 1.807) is 7.11 Å². The topological polar surface area (TPSA) is 64.8 Å². The second-order valence-electron chi connectivity index (χ2n) is 6.77. The molecule has 2 aromatic rings. The summed E-state index contributed by atoms with van der Waals surface area (Å²) in [5, 5.41) is 0. The Bertz CT molecular complexity index is 875. The van der Waals surface area contributed by atoms with Crippen LogP contribution in [0, 0.1) is 0 Å². The zero-order valence-electron chi connectivity index (χ0n) is 14.8. The van der Waals surface area contributed by atoms with Crippen LogP contribution in [0.15, 0.2) is 48.0 Å². The molecule has 0 spiro atoms. The lowest BCUT2D eigenvalue weighted by molar-refractivity contribution is -0.123. The maximum Gasteiger partial charge on any atom is 0.235 e. The summed E-state index contributed by atoms with van der Waals surface area (Å²) in [6, 6.07) is 13.8. The van der Waals surface area contributed by atoms with Crippen molar-refractivity contribution in [3.05, 3.63) is 64.7 Å². The van der Waals surface area contributed by atoms with Gasteiger partial charge in [-0.3, -0.25) is 9.69 Å². The van der Waals surface area contributed by atoms with Crippen LogP contribution in [0.4, 0.5) is 0 Å².